The molecule has 360 valence electrons. The van der Waals surface area contributed by atoms with Gasteiger partial charge in [0.1, 0.15) is 11.5 Å². The third kappa shape index (κ3) is 17.4. The first-order chi connectivity index (χ1) is 31.5. The molecule has 12 nitrogen and oxygen atoms in total. The van der Waals surface area contributed by atoms with Gasteiger partial charge in [-0.05, 0) is 208 Å². The zero-order chi connectivity index (χ0) is 46.4. The van der Waals surface area contributed by atoms with Gasteiger partial charge < -0.3 is 28.4 Å². The molecule has 0 aliphatic heterocycles. The van der Waals surface area contributed by atoms with E-state index in [1.165, 1.54) is 0 Å². The second-order valence-electron chi connectivity index (χ2n) is 19.1. The zero-order valence-corrected chi connectivity index (χ0v) is 39.1. The van der Waals surface area contributed by atoms with Gasteiger partial charge in [-0.3, -0.25) is 19.2 Å². The lowest BCUT2D eigenvalue weighted by molar-refractivity contribution is -0.151. The third-order valence-corrected chi connectivity index (χ3v) is 14.7. The highest BCUT2D eigenvalue weighted by atomic mass is 16.6. The van der Waals surface area contributed by atoms with Gasteiger partial charge in [0.2, 0.25) is 0 Å². The predicted octanol–water partition coefficient (Wildman–Crippen LogP) is 10.7. The number of carbonyl (C=O) groups is 6. The molecule has 4 fully saturated rings. The molecule has 0 radical (unpaired) electrons. The van der Waals surface area contributed by atoms with E-state index >= 15 is 0 Å². The minimum Gasteiger partial charge on any atom is -0.465 e. The maximum atomic E-state index is 13.3. The van der Waals surface area contributed by atoms with Crippen molar-refractivity contribution in [3.63, 3.8) is 0 Å². The number of aryl methyl sites for hydroxylation is 1. The van der Waals surface area contributed by atoms with Crippen molar-refractivity contribution in [2.45, 2.75) is 161 Å². The van der Waals surface area contributed by atoms with Gasteiger partial charge in [0, 0.05) is 12.2 Å². The number of ether oxygens (including phenoxy) is 6. The lowest BCUT2D eigenvalue weighted by Gasteiger charge is -2.36. The molecular weight excluding hydrogens is 829 g/mol. The van der Waals surface area contributed by atoms with Crippen LogP contribution in [-0.2, 0) is 47.7 Å². The molecule has 1 aromatic rings. The van der Waals surface area contributed by atoms with Crippen molar-refractivity contribution >= 4 is 35.8 Å². The summed E-state index contributed by atoms with van der Waals surface area (Å²) in [6.07, 6.45) is 23.9. The van der Waals surface area contributed by atoms with Gasteiger partial charge in [0.05, 0.1) is 50.1 Å². The van der Waals surface area contributed by atoms with Gasteiger partial charge in [0.15, 0.2) is 0 Å². The quantitative estimate of drug-likeness (QED) is 0.0318. The highest BCUT2D eigenvalue weighted by Crippen LogP contribution is 2.44. The summed E-state index contributed by atoms with van der Waals surface area (Å²) >= 11 is 0. The second kappa shape index (κ2) is 27.9. The normalized spacial score (nSPS) is 25.6. The van der Waals surface area contributed by atoms with Crippen LogP contribution in [0.5, 0.6) is 11.5 Å². The van der Waals surface area contributed by atoms with Crippen molar-refractivity contribution in [3.05, 3.63) is 49.1 Å². The Balaban J connectivity index is 0.903. The largest absolute Gasteiger partial charge is 0.465 e. The Morgan fingerprint density at radius 1 is 0.446 bits per heavy atom. The first kappa shape index (κ1) is 51.5. The van der Waals surface area contributed by atoms with Crippen molar-refractivity contribution in [2.24, 2.45) is 47.3 Å². The number of hydrogen-bond acceptors (Lipinski definition) is 12. The minimum absolute atomic E-state index is 0.0262. The van der Waals surface area contributed by atoms with Gasteiger partial charge in [-0.15, -0.1) is 0 Å². The Hall–Kier alpha value is -4.48. The van der Waals surface area contributed by atoms with Crippen LogP contribution in [0.1, 0.15) is 160 Å². The van der Waals surface area contributed by atoms with E-state index in [2.05, 4.69) is 13.2 Å². The van der Waals surface area contributed by atoms with Crippen molar-refractivity contribution in [1.82, 2.24) is 0 Å². The van der Waals surface area contributed by atoms with Gasteiger partial charge in [-0.1, -0.05) is 13.2 Å². The summed E-state index contributed by atoms with van der Waals surface area (Å²) in [6.45, 7) is 10.3. The highest BCUT2D eigenvalue weighted by Gasteiger charge is 2.37. The molecule has 0 bridgehead atoms. The van der Waals surface area contributed by atoms with Crippen LogP contribution in [0.3, 0.4) is 0 Å². The number of unbranched alkanes of at least 4 members (excludes halogenated alkanes) is 6. The molecule has 0 unspecified atom stereocenters. The summed E-state index contributed by atoms with van der Waals surface area (Å²) in [5.74, 6) is 1.55. The van der Waals surface area contributed by atoms with Gasteiger partial charge >= 0.3 is 35.8 Å². The molecule has 0 atom stereocenters. The first-order valence-electron chi connectivity index (χ1n) is 25.0. The molecule has 0 spiro atoms. The molecule has 12 heteroatoms. The Kier molecular flexibility index (Phi) is 22.1. The summed E-state index contributed by atoms with van der Waals surface area (Å²) in [5, 5.41) is 0. The second-order valence-corrected chi connectivity index (χ2v) is 19.1. The first-order valence-corrected chi connectivity index (χ1v) is 25.0. The van der Waals surface area contributed by atoms with E-state index in [-0.39, 0.29) is 47.5 Å². The molecule has 0 amide bonds. The molecule has 1 aromatic carbocycles. The van der Waals surface area contributed by atoms with Crippen molar-refractivity contribution in [2.75, 3.05) is 26.4 Å². The van der Waals surface area contributed by atoms with E-state index < -0.39 is 11.9 Å². The fraction of sp³-hybridized carbons (Fsp3) is 0.698. The molecule has 0 heterocycles. The molecule has 4 aliphatic carbocycles. The van der Waals surface area contributed by atoms with Crippen LogP contribution >= 0.6 is 0 Å². The van der Waals surface area contributed by atoms with E-state index in [0.717, 1.165) is 172 Å². The molecule has 4 aliphatic rings. The minimum atomic E-state index is -0.400. The zero-order valence-electron chi connectivity index (χ0n) is 39.1. The van der Waals surface area contributed by atoms with Crippen molar-refractivity contribution < 1.29 is 57.2 Å². The van der Waals surface area contributed by atoms with E-state index in [9.17, 15) is 28.8 Å². The lowest BCUT2D eigenvalue weighted by atomic mass is 9.69. The van der Waals surface area contributed by atoms with Gasteiger partial charge in [0.25, 0.3) is 0 Å². The summed E-state index contributed by atoms with van der Waals surface area (Å²) in [4.78, 5) is 74.1. The monoisotopic (exact) mass is 905 g/mol. The average molecular weight is 905 g/mol. The van der Waals surface area contributed by atoms with Crippen molar-refractivity contribution in [3.8, 4) is 11.5 Å². The summed E-state index contributed by atoms with van der Waals surface area (Å²) < 4.78 is 32.9. The Morgan fingerprint density at radius 3 is 1.11 bits per heavy atom. The van der Waals surface area contributed by atoms with Crippen LogP contribution in [0, 0.1) is 54.3 Å². The number of benzene rings is 1. The molecule has 0 N–H and O–H groups in total. The summed E-state index contributed by atoms with van der Waals surface area (Å²) in [5.41, 5.74) is 0.750. The summed E-state index contributed by atoms with van der Waals surface area (Å²) in [6, 6.07) is 5.22. The van der Waals surface area contributed by atoms with Crippen molar-refractivity contribution in [1.29, 1.82) is 0 Å². The van der Waals surface area contributed by atoms with E-state index in [4.69, 9.17) is 28.4 Å². The number of hydrogen-bond donors (Lipinski definition) is 0. The maximum Gasteiger partial charge on any atom is 0.330 e. The van der Waals surface area contributed by atoms with Crippen LogP contribution in [0.15, 0.2) is 43.5 Å². The van der Waals surface area contributed by atoms with Crippen LogP contribution in [0.25, 0.3) is 0 Å². The van der Waals surface area contributed by atoms with E-state index in [1.807, 2.05) is 6.92 Å². The van der Waals surface area contributed by atoms with E-state index in [0.29, 0.717) is 61.6 Å². The fourth-order valence-corrected chi connectivity index (χ4v) is 10.7. The average Bonchev–Trinajstić information content (AvgIpc) is 3.33. The number of carbonyl (C=O) groups excluding carboxylic acids is 6. The Morgan fingerprint density at radius 2 is 0.769 bits per heavy atom. The predicted molar refractivity (Wildman–Crippen MR) is 245 cm³/mol. The lowest BCUT2D eigenvalue weighted by Crippen LogP contribution is -2.31. The third-order valence-electron chi connectivity index (χ3n) is 14.7. The Bertz CT molecular complexity index is 1700. The highest BCUT2D eigenvalue weighted by molar-refractivity contribution is 5.81. The van der Waals surface area contributed by atoms with E-state index in [1.54, 1.807) is 18.2 Å². The van der Waals surface area contributed by atoms with Gasteiger partial charge in [-0.2, -0.15) is 0 Å². The summed E-state index contributed by atoms with van der Waals surface area (Å²) in [7, 11) is 0. The van der Waals surface area contributed by atoms with Crippen LogP contribution < -0.4 is 9.47 Å². The smallest absolute Gasteiger partial charge is 0.330 e. The molecule has 65 heavy (non-hydrogen) atoms. The standard InChI is InChI=1S/C53H76O12/c1-4-48(54)60-32-10-6-8-12-34-62-50(56)42-22-14-38(15-23-42)40-18-26-44(27-19-40)52(58)64-46-30-31-47(37(3)36-46)65-53(59)45-28-20-41(21-29-45)39-16-24-43(25-17-39)51(57)63-35-13-9-7-11-33-61-49(55)5-2/h4-5,30-31,36,38-45H,1-2,6-29,32-35H2,3H3. The van der Waals surface area contributed by atoms with Crippen LogP contribution in [0.2, 0.25) is 0 Å². The molecule has 0 saturated heterocycles. The number of rotatable bonds is 24. The topological polar surface area (TPSA) is 158 Å². The molecule has 4 saturated carbocycles. The Labute approximate surface area is 387 Å². The van der Waals surface area contributed by atoms with Crippen LogP contribution in [-0.4, -0.2) is 62.2 Å². The molecular formula is C53H76O12. The fourth-order valence-electron chi connectivity index (χ4n) is 10.7. The number of esters is 6. The SMILES string of the molecule is C=CC(=O)OCCCCCCOC(=O)C1CCC(C2CCC(C(=O)Oc3ccc(OC(=O)C4CCC(C5CCC(C(=O)OCCCCCCOC(=O)C=C)CC5)CC4)c(C)c3)CC2)CC1. The molecule has 0 aromatic heterocycles. The van der Waals surface area contributed by atoms with Crippen LogP contribution in [0.4, 0.5) is 0 Å². The maximum absolute atomic E-state index is 13.3. The molecule has 5 rings (SSSR count). The van der Waals surface area contributed by atoms with Gasteiger partial charge in [-0.25, -0.2) is 9.59 Å².